The van der Waals surface area contributed by atoms with Gasteiger partial charge in [0.15, 0.2) is 0 Å². The van der Waals surface area contributed by atoms with Crippen LogP contribution in [0.2, 0.25) is 0 Å². The van der Waals surface area contributed by atoms with Crippen molar-refractivity contribution >= 4 is 28.4 Å². The van der Waals surface area contributed by atoms with E-state index >= 15 is 0 Å². The minimum Gasteiger partial charge on any atom is -0.369 e. The number of H-pyrrole nitrogens is 1. The zero-order valence-corrected chi connectivity index (χ0v) is 10.3. The summed E-state index contributed by atoms with van der Waals surface area (Å²) in [7, 11) is 0. The molecule has 0 aliphatic carbocycles. The summed E-state index contributed by atoms with van der Waals surface area (Å²) in [6, 6.07) is 0. The standard InChI is InChI=1S/C9H14IN3O/c1-2-3-4-5-11-8-7(10)9(14)13-6-12-8/h6H,2-5H2,1H3,(H2,11,12,13,14). The maximum Gasteiger partial charge on any atom is 0.266 e. The monoisotopic (exact) mass is 307 g/mol. The average Bonchev–Trinajstić information content (AvgIpc) is 2.19. The van der Waals surface area contributed by atoms with Gasteiger partial charge in [0.1, 0.15) is 9.39 Å². The maximum atomic E-state index is 11.2. The highest BCUT2D eigenvalue weighted by molar-refractivity contribution is 14.1. The summed E-state index contributed by atoms with van der Waals surface area (Å²) in [5.41, 5.74) is -0.0846. The second-order valence-corrected chi connectivity index (χ2v) is 4.11. The molecule has 0 amide bonds. The molecule has 4 nitrogen and oxygen atoms in total. The van der Waals surface area contributed by atoms with Crippen molar-refractivity contribution in [1.82, 2.24) is 9.97 Å². The fraction of sp³-hybridized carbons (Fsp3) is 0.556. The first-order valence-electron chi connectivity index (χ1n) is 4.72. The van der Waals surface area contributed by atoms with Gasteiger partial charge in [-0.25, -0.2) is 4.98 Å². The summed E-state index contributed by atoms with van der Waals surface area (Å²) in [5, 5.41) is 3.15. The number of rotatable bonds is 5. The van der Waals surface area contributed by atoms with E-state index in [-0.39, 0.29) is 5.56 Å². The van der Waals surface area contributed by atoms with Crippen LogP contribution in [0.15, 0.2) is 11.1 Å². The molecule has 0 aliphatic heterocycles. The van der Waals surface area contributed by atoms with Crippen LogP contribution in [0.5, 0.6) is 0 Å². The zero-order chi connectivity index (χ0) is 10.4. The molecule has 0 aliphatic rings. The Balaban J connectivity index is 2.51. The fourth-order valence-electron chi connectivity index (χ4n) is 1.09. The van der Waals surface area contributed by atoms with Crippen molar-refractivity contribution in [3.05, 3.63) is 20.3 Å². The van der Waals surface area contributed by atoms with E-state index in [9.17, 15) is 4.79 Å². The Kier molecular flexibility index (Phi) is 4.92. The Morgan fingerprint density at radius 3 is 3.07 bits per heavy atom. The largest absolute Gasteiger partial charge is 0.369 e. The molecule has 0 unspecified atom stereocenters. The fourth-order valence-corrected chi connectivity index (χ4v) is 1.57. The van der Waals surface area contributed by atoms with Crippen LogP contribution in [0.3, 0.4) is 0 Å². The minimum absolute atomic E-state index is 0.0846. The Hall–Kier alpha value is -0.590. The van der Waals surface area contributed by atoms with Gasteiger partial charge in [0, 0.05) is 6.54 Å². The smallest absolute Gasteiger partial charge is 0.266 e. The minimum atomic E-state index is -0.0846. The number of nitrogens with zero attached hydrogens (tertiary/aromatic N) is 1. The Morgan fingerprint density at radius 2 is 2.36 bits per heavy atom. The predicted molar refractivity (Wildman–Crippen MR) is 65.6 cm³/mol. The summed E-state index contributed by atoms with van der Waals surface area (Å²) in [6.45, 7) is 3.04. The highest BCUT2D eigenvalue weighted by Crippen LogP contribution is 2.08. The first kappa shape index (κ1) is 11.5. The zero-order valence-electron chi connectivity index (χ0n) is 8.14. The van der Waals surface area contributed by atoms with E-state index in [1.54, 1.807) is 0 Å². The van der Waals surface area contributed by atoms with Crippen molar-refractivity contribution in [2.45, 2.75) is 26.2 Å². The van der Waals surface area contributed by atoms with Gasteiger partial charge in [0.05, 0.1) is 6.33 Å². The molecule has 1 rings (SSSR count). The second-order valence-electron chi connectivity index (χ2n) is 3.03. The number of hydrogen-bond acceptors (Lipinski definition) is 3. The molecular formula is C9H14IN3O. The molecule has 0 aromatic carbocycles. The Bertz CT molecular complexity index is 337. The van der Waals surface area contributed by atoms with Crippen LogP contribution < -0.4 is 10.9 Å². The van der Waals surface area contributed by atoms with Crippen molar-refractivity contribution < 1.29 is 0 Å². The molecule has 1 aromatic heterocycles. The molecule has 14 heavy (non-hydrogen) atoms. The lowest BCUT2D eigenvalue weighted by Gasteiger charge is -2.05. The number of aromatic amines is 1. The van der Waals surface area contributed by atoms with Crippen molar-refractivity contribution in [3.63, 3.8) is 0 Å². The molecule has 5 heteroatoms. The van der Waals surface area contributed by atoms with E-state index in [0.717, 1.165) is 13.0 Å². The topological polar surface area (TPSA) is 57.8 Å². The van der Waals surface area contributed by atoms with E-state index in [4.69, 9.17) is 0 Å². The van der Waals surface area contributed by atoms with Crippen LogP contribution in [0, 0.1) is 3.57 Å². The van der Waals surface area contributed by atoms with Crippen LogP contribution >= 0.6 is 22.6 Å². The van der Waals surface area contributed by atoms with Gasteiger partial charge in [-0.05, 0) is 29.0 Å². The van der Waals surface area contributed by atoms with Crippen LogP contribution in [0.4, 0.5) is 5.82 Å². The van der Waals surface area contributed by atoms with Gasteiger partial charge < -0.3 is 10.3 Å². The molecule has 78 valence electrons. The number of nitrogens with one attached hydrogen (secondary N) is 2. The van der Waals surface area contributed by atoms with Gasteiger partial charge in [-0.15, -0.1) is 0 Å². The third-order valence-electron chi connectivity index (χ3n) is 1.87. The van der Waals surface area contributed by atoms with E-state index in [2.05, 4.69) is 22.2 Å². The Morgan fingerprint density at radius 1 is 1.57 bits per heavy atom. The van der Waals surface area contributed by atoms with Crippen molar-refractivity contribution in [3.8, 4) is 0 Å². The van der Waals surface area contributed by atoms with Gasteiger partial charge in [-0.3, -0.25) is 4.79 Å². The molecule has 0 fully saturated rings. The summed E-state index contributed by atoms with van der Waals surface area (Å²) in [6.07, 6.45) is 4.93. The van der Waals surface area contributed by atoms with Crippen molar-refractivity contribution in [2.24, 2.45) is 0 Å². The average molecular weight is 307 g/mol. The molecule has 0 radical (unpaired) electrons. The lowest BCUT2D eigenvalue weighted by Crippen LogP contribution is -2.15. The SMILES string of the molecule is CCCCCNc1nc[nH]c(=O)c1I. The number of anilines is 1. The maximum absolute atomic E-state index is 11.2. The first-order valence-corrected chi connectivity index (χ1v) is 5.80. The van der Waals surface area contributed by atoms with Gasteiger partial charge in [-0.1, -0.05) is 19.8 Å². The quantitative estimate of drug-likeness (QED) is 0.646. The van der Waals surface area contributed by atoms with Crippen molar-refractivity contribution in [1.29, 1.82) is 0 Å². The third-order valence-corrected chi connectivity index (χ3v) is 2.87. The van der Waals surface area contributed by atoms with Gasteiger partial charge in [-0.2, -0.15) is 0 Å². The number of aromatic nitrogens is 2. The summed E-state index contributed by atoms with van der Waals surface area (Å²) >= 11 is 2.00. The highest BCUT2D eigenvalue weighted by atomic mass is 127. The third kappa shape index (κ3) is 3.28. The Labute approximate surface area is 96.7 Å². The van der Waals surface area contributed by atoms with Crippen LogP contribution in [-0.4, -0.2) is 16.5 Å². The van der Waals surface area contributed by atoms with Gasteiger partial charge in [0.25, 0.3) is 5.56 Å². The molecule has 1 aromatic rings. The van der Waals surface area contributed by atoms with E-state index in [1.807, 2.05) is 22.6 Å². The molecule has 1 heterocycles. The number of hydrogen-bond donors (Lipinski definition) is 2. The highest BCUT2D eigenvalue weighted by Gasteiger charge is 2.02. The molecule has 0 saturated carbocycles. The second kappa shape index (κ2) is 6.00. The normalized spacial score (nSPS) is 10.1. The van der Waals surface area contributed by atoms with E-state index in [0.29, 0.717) is 9.39 Å². The molecule has 0 bridgehead atoms. The van der Waals surface area contributed by atoms with E-state index < -0.39 is 0 Å². The van der Waals surface area contributed by atoms with E-state index in [1.165, 1.54) is 19.2 Å². The van der Waals surface area contributed by atoms with Gasteiger partial charge >= 0.3 is 0 Å². The number of unbranched alkanes of at least 4 members (excludes halogenated alkanes) is 2. The van der Waals surface area contributed by atoms with Crippen molar-refractivity contribution in [2.75, 3.05) is 11.9 Å². The lowest BCUT2D eigenvalue weighted by atomic mass is 10.2. The van der Waals surface area contributed by atoms with Gasteiger partial charge in [0.2, 0.25) is 0 Å². The summed E-state index contributed by atoms with van der Waals surface area (Å²) < 4.78 is 0.626. The van der Waals surface area contributed by atoms with Crippen LogP contribution in [-0.2, 0) is 0 Å². The van der Waals surface area contributed by atoms with Crippen LogP contribution in [0.25, 0.3) is 0 Å². The molecule has 2 N–H and O–H groups in total. The van der Waals surface area contributed by atoms with Crippen LogP contribution in [0.1, 0.15) is 26.2 Å². The lowest BCUT2D eigenvalue weighted by molar-refractivity contribution is 0.741. The first-order chi connectivity index (χ1) is 6.75. The summed E-state index contributed by atoms with van der Waals surface area (Å²) in [5.74, 6) is 0.686. The molecule has 0 spiro atoms. The molecule has 0 saturated heterocycles. The summed E-state index contributed by atoms with van der Waals surface area (Å²) in [4.78, 5) is 17.8. The predicted octanol–water partition coefficient (Wildman–Crippen LogP) is 1.98. The number of halogens is 1. The molecular weight excluding hydrogens is 293 g/mol. The molecule has 0 atom stereocenters.